The lowest BCUT2D eigenvalue weighted by Gasteiger charge is -2.42. The maximum atomic E-state index is 12.8. The van der Waals surface area contributed by atoms with Crippen LogP contribution in [0.3, 0.4) is 0 Å². The van der Waals surface area contributed by atoms with Gasteiger partial charge in [0.2, 0.25) is 5.91 Å². The summed E-state index contributed by atoms with van der Waals surface area (Å²) in [5.74, 6) is 0.649. The van der Waals surface area contributed by atoms with E-state index in [0.717, 1.165) is 95.5 Å². The van der Waals surface area contributed by atoms with E-state index >= 15 is 0 Å². The molecule has 2 amide bonds. The second-order valence-electron chi connectivity index (χ2n) is 8.51. The number of nitrogens with one attached hydrogen (secondary N) is 1. The molecular formula is C21H33N5O2. The molecule has 0 radical (unpaired) electrons. The third-order valence-electron chi connectivity index (χ3n) is 6.79. The van der Waals surface area contributed by atoms with Gasteiger partial charge in [0, 0.05) is 44.5 Å². The number of amides is 2. The predicted molar refractivity (Wildman–Crippen MR) is 107 cm³/mol. The molecule has 3 aliphatic rings. The van der Waals surface area contributed by atoms with Crippen molar-refractivity contribution in [2.45, 2.75) is 57.9 Å². The fourth-order valence-electron chi connectivity index (χ4n) is 5.11. The van der Waals surface area contributed by atoms with E-state index < -0.39 is 0 Å². The number of H-pyrrole nitrogens is 1. The number of nitrogens with zero attached hydrogens (tertiary/aromatic N) is 4. The Morgan fingerprint density at radius 2 is 1.79 bits per heavy atom. The van der Waals surface area contributed by atoms with Crippen LogP contribution in [-0.4, -0.2) is 82.0 Å². The molecule has 1 atom stereocenters. The van der Waals surface area contributed by atoms with Crippen LogP contribution in [0.25, 0.3) is 0 Å². The van der Waals surface area contributed by atoms with Crippen LogP contribution in [0.5, 0.6) is 0 Å². The van der Waals surface area contributed by atoms with Gasteiger partial charge in [-0.2, -0.15) is 5.10 Å². The van der Waals surface area contributed by atoms with Gasteiger partial charge >= 0.3 is 0 Å². The first-order valence-electron chi connectivity index (χ1n) is 11.0. The summed E-state index contributed by atoms with van der Waals surface area (Å²) in [6.07, 6.45) is 8.90. The minimum absolute atomic E-state index is 0.102. The van der Waals surface area contributed by atoms with Gasteiger partial charge in [0.1, 0.15) is 0 Å². The molecule has 3 aliphatic heterocycles. The van der Waals surface area contributed by atoms with Gasteiger partial charge in [-0.1, -0.05) is 6.92 Å². The average Bonchev–Trinajstić information content (AvgIpc) is 3.45. The highest BCUT2D eigenvalue weighted by molar-refractivity contribution is 5.95. The van der Waals surface area contributed by atoms with E-state index in [1.807, 2.05) is 11.8 Å². The Labute approximate surface area is 167 Å². The first-order valence-corrected chi connectivity index (χ1v) is 11.0. The average molecular weight is 388 g/mol. The number of carbonyl (C=O) groups excluding carboxylic acids is 2. The molecule has 0 aliphatic carbocycles. The summed E-state index contributed by atoms with van der Waals surface area (Å²) in [4.78, 5) is 32.2. The summed E-state index contributed by atoms with van der Waals surface area (Å²) in [5.41, 5.74) is 1.64. The van der Waals surface area contributed by atoms with Crippen LogP contribution in [-0.2, 0) is 11.2 Å². The maximum absolute atomic E-state index is 12.8. The Morgan fingerprint density at radius 3 is 2.50 bits per heavy atom. The van der Waals surface area contributed by atoms with Crippen molar-refractivity contribution in [2.75, 3.05) is 39.3 Å². The van der Waals surface area contributed by atoms with E-state index in [1.54, 1.807) is 6.20 Å². The zero-order valence-electron chi connectivity index (χ0n) is 17.0. The molecule has 3 saturated heterocycles. The number of aryl methyl sites for hydroxylation is 1. The topological polar surface area (TPSA) is 72.5 Å². The third-order valence-corrected chi connectivity index (χ3v) is 6.79. The van der Waals surface area contributed by atoms with E-state index in [0.29, 0.717) is 11.9 Å². The molecule has 0 aromatic carbocycles. The maximum Gasteiger partial charge on any atom is 0.257 e. The van der Waals surface area contributed by atoms with Crippen molar-refractivity contribution in [2.24, 2.45) is 5.92 Å². The van der Waals surface area contributed by atoms with Crippen LogP contribution in [0.1, 0.15) is 61.5 Å². The summed E-state index contributed by atoms with van der Waals surface area (Å²) in [6.45, 7) is 7.50. The van der Waals surface area contributed by atoms with Crippen molar-refractivity contribution < 1.29 is 9.59 Å². The summed E-state index contributed by atoms with van der Waals surface area (Å²) in [6, 6.07) is 0.494. The lowest BCUT2D eigenvalue weighted by Crippen LogP contribution is -2.51. The summed E-state index contributed by atoms with van der Waals surface area (Å²) in [7, 11) is 0. The lowest BCUT2D eigenvalue weighted by molar-refractivity contribution is -0.136. The normalized spacial score (nSPS) is 24.7. The Balaban J connectivity index is 1.31. The number of aromatic nitrogens is 2. The van der Waals surface area contributed by atoms with E-state index in [-0.39, 0.29) is 11.8 Å². The van der Waals surface area contributed by atoms with Gasteiger partial charge < -0.3 is 9.80 Å². The molecule has 1 aromatic rings. The molecule has 1 unspecified atom stereocenters. The summed E-state index contributed by atoms with van der Waals surface area (Å²) >= 11 is 0. The SMILES string of the molecule is CCc1[nH]ncc1C(=O)N1CCC(N2CCCC(C(=O)N3CCCC3)C2)CC1. The molecule has 7 nitrogen and oxygen atoms in total. The first kappa shape index (κ1) is 19.4. The van der Waals surface area contributed by atoms with Gasteiger partial charge in [-0.15, -0.1) is 0 Å². The highest BCUT2D eigenvalue weighted by Gasteiger charge is 2.35. The van der Waals surface area contributed by atoms with Crippen molar-refractivity contribution in [1.82, 2.24) is 24.9 Å². The highest BCUT2D eigenvalue weighted by Crippen LogP contribution is 2.26. The molecule has 3 fully saturated rings. The number of piperidine rings is 2. The van der Waals surface area contributed by atoms with Crippen LogP contribution >= 0.6 is 0 Å². The van der Waals surface area contributed by atoms with Crippen molar-refractivity contribution in [3.05, 3.63) is 17.5 Å². The number of hydrogen-bond donors (Lipinski definition) is 1. The van der Waals surface area contributed by atoms with Crippen LogP contribution in [0.15, 0.2) is 6.20 Å². The molecule has 0 saturated carbocycles. The number of hydrogen-bond acceptors (Lipinski definition) is 4. The fourth-order valence-corrected chi connectivity index (χ4v) is 5.11. The van der Waals surface area contributed by atoms with Crippen LogP contribution in [0.4, 0.5) is 0 Å². The Morgan fingerprint density at radius 1 is 1.04 bits per heavy atom. The van der Waals surface area contributed by atoms with Crippen LogP contribution < -0.4 is 0 Å². The molecule has 28 heavy (non-hydrogen) atoms. The molecular weight excluding hydrogens is 354 g/mol. The quantitative estimate of drug-likeness (QED) is 0.857. The van der Waals surface area contributed by atoms with E-state index in [2.05, 4.69) is 20.0 Å². The molecule has 4 heterocycles. The smallest absolute Gasteiger partial charge is 0.257 e. The lowest BCUT2D eigenvalue weighted by atomic mass is 9.92. The van der Waals surface area contributed by atoms with Crippen molar-refractivity contribution >= 4 is 11.8 Å². The Bertz CT molecular complexity index is 689. The number of carbonyl (C=O) groups is 2. The first-order chi connectivity index (χ1) is 13.7. The van der Waals surface area contributed by atoms with Crippen molar-refractivity contribution in [1.29, 1.82) is 0 Å². The van der Waals surface area contributed by atoms with Crippen LogP contribution in [0.2, 0.25) is 0 Å². The molecule has 0 spiro atoms. The largest absolute Gasteiger partial charge is 0.342 e. The molecule has 0 bridgehead atoms. The van der Waals surface area contributed by atoms with E-state index in [1.165, 1.54) is 0 Å². The number of rotatable bonds is 4. The highest BCUT2D eigenvalue weighted by atomic mass is 16.2. The summed E-state index contributed by atoms with van der Waals surface area (Å²) in [5, 5.41) is 6.97. The Hall–Kier alpha value is -1.89. The van der Waals surface area contributed by atoms with Gasteiger partial charge in [-0.05, 0) is 51.5 Å². The molecule has 7 heteroatoms. The Kier molecular flexibility index (Phi) is 5.99. The molecule has 1 aromatic heterocycles. The van der Waals surface area contributed by atoms with E-state index in [9.17, 15) is 9.59 Å². The minimum Gasteiger partial charge on any atom is -0.342 e. The second kappa shape index (κ2) is 8.64. The van der Waals surface area contributed by atoms with E-state index in [4.69, 9.17) is 0 Å². The zero-order valence-corrected chi connectivity index (χ0v) is 17.0. The van der Waals surface area contributed by atoms with Crippen molar-refractivity contribution in [3.8, 4) is 0 Å². The minimum atomic E-state index is 0.102. The molecule has 1 N–H and O–H groups in total. The van der Waals surface area contributed by atoms with Gasteiger partial charge in [-0.25, -0.2) is 0 Å². The van der Waals surface area contributed by atoms with Gasteiger partial charge in [0.05, 0.1) is 17.7 Å². The standard InChI is InChI=1S/C21H33N5O2/c1-2-19-18(14-22-23-19)21(28)25-12-7-17(8-13-25)26-11-5-6-16(15-26)20(27)24-9-3-4-10-24/h14,16-17H,2-13,15H2,1H3,(H,22,23). The second-order valence-corrected chi connectivity index (χ2v) is 8.51. The van der Waals surface area contributed by atoms with Gasteiger partial charge in [0.15, 0.2) is 0 Å². The monoisotopic (exact) mass is 387 g/mol. The third kappa shape index (κ3) is 3.95. The predicted octanol–water partition coefficient (Wildman–Crippen LogP) is 1.91. The van der Waals surface area contributed by atoms with Crippen LogP contribution in [0, 0.1) is 5.92 Å². The van der Waals surface area contributed by atoms with Crippen molar-refractivity contribution in [3.63, 3.8) is 0 Å². The van der Waals surface area contributed by atoms with Gasteiger partial charge in [0.25, 0.3) is 5.91 Å². The fraction of sp³-hybridized carbons (Fsp3) is 0.762. The number of aromatic amines is 1. The summed E-state index contributed by atoms with van der Waals surface area (Å²) < 4.78 is 0. The van der Waals surface area contributed by atoms with Gasteiger partial charge in [-0.3, -0.25) is 19.6 Å². The molecule has 154 valence electrons. The zero-order chi connectivity index (χ0) is 19.5. The molecule has 4 rings (SSSR count). The number of likely N-dealkylation sites (tertiary alicyclic amines) is 3.